The average molecular weight is 354 g/mol. The number of rotatable bonds is 6. The van der Waals surface area contributed by atoms with E-state index in [4.69, 9.17) is 9.84 Å². The van der Waals surface area contributed by atoms with Crippen LogP contribution in [0.1, 0.15) is 21.5 Å². The molecular weight excluding hydrogens is 332 g/mol. The van der Waals surface area contributed by atoms with Gasteiger partial charge in [-0.2, -0.15) is 0 Å². The number of carbonyl (C=O) groups is 2. The average Bonchev–Trinajstić information content (AvgIpc) is 2.70. The Balaban J connectivity index is 1.58. The highest BCUT2D eigenvalue weighted by Crippen LogP contribution is 2.19. The highest BCUT2D eigenvalue weighted by molar-refractivity contribution is 5.96. The lowest BCUT2D eigenvalue weighted by Gasteiger charge is -2.28. The van der Waals surface area contributed by atoms with Gasteiger partial charge in [-0.25, -0.2) is 4.79 Å². The minimum absolute atomic E-state index is 0.0434. The zero-order valence-electron chi connectivity index (χ0n) is 14.5. The summed E-state index contributed by atoms with van der Waals surface area (Å²) in [5.41, 5.74) is 3.32. The Bertz CT molecular complexity index is 791. The molecule has 0 unspecified atom stereocenters. The lowest BCUT2D eigenvalue weighted by Crippen LogP contribution is -2.38. The van der Waals surface area contributed by atoms with E-state index in [1.807, 2.05) is 18.2 Å². The number of hydrogen-bond donors (Lipinski definition) is 2. The quantitative estimate of drug-likeness (QED) is 0.774. The van der Waals surface area contributed by atoms with Gasteiger partial charge in [-0.1, -0.05) is 36.4 Å². The zero-order chi connectivity index (χ0) is 18.4. The Hall–Kier alpha value is -2.86. The normalized spacial score (nSPS) is 13.0. The summed E-state index contributed by atoms with van der Waals surface area (Å²) in [5, 5.41) is 11.9. The van der Waals surface area contributed by atoms with Gasteiger partial charge in [0.05, 0.1) is 12.2 Å². The van der Waals surface area contributed by atoms with E-state index in [0.29, 0.717) is 30.9 Å². The third kappa shape index (κ3) is 4.21. The smallest absolute Gasteiger partial charge is 0.340 e. The number of aliphatic hydroxyl groups is 1. The van der Waals surface area contributed by atoms with E-state index in [2.05, 4.69) is 11.4 Å². The fourth-order valence-corrected chi connectivity index (χ4v) is 3.01. The van der Waals surface area contributed by atoms with Crippen molar-refractivity contribution < 1.29 is 19.4 Å². The van der Waals surface area contributed by atoms with E-state index in [9.17, 15) is 9.59 Å². The molecule has 0 saturated carbocycles. The number of aliphatic hydroxyl groups excluding tert-OH is 1. The molecule has 0 aliphatic carbocycles. The first-order valence-corrected chi connectivity index (χ1v) is 8.64. The van der Waals surface area contributed by atoms with Crippen LogP contribution < -0.4 is 5.32 Å². The van der Waals surface area contributed by atoms with Gasteiger partial charge in [0.25, 0.3) is 5.91 Å². The van der Waals surface area contributed by atoms with Crippen LogP contribution >= 0.6 is 0 Å². The minimum Gasteiger partial charge on any atom is -0.452 e. The Kier molecular flexibility index (Phi) is 5.86. The summed E-state index contributed by atoms with van der Waals surface area (Å²) in [6.45, 7) is 1.17. The maximum Gasteiger partial charge on any atom is 0.340 e. The molecule has 2 aromatic carbocycles. The number of benzene rings is 2. The van der Waals surface area contributed by atoms with Gasteiger partial charge >= 0.3 is 5.97 Å². The molecule has 136 valence electrons. The van der Waals surface area contributed by atoms with Crippen molar-refractivity contribution in [2.75, 3.05) is 31.6 Å². The number of esters is 1. The standard InChI is InChI=1S/C20H22N2O4/c23-12-10-21-18-8-4-3-7-17(18)20(25)26-14-19(24)22-11-9-15-5-1-2-6-16(15)13-22/h1-8,21,23H,9-14H2. The monoisotopic (exact) mass is 354 g/mol. The Morgan fingerprint density at radius 1 is 1.08 bits per heavy atom. The van der Waals surface area contributed by atoms with Crippen LogP contribution in [0.25, 0.3) is 0 Å². The number of nitrogens with zero attached hydrogens (tertiary/aromatic N) is 1. The summed E-state index contributed by atoms with van der Waals surface area (Å²) in [7, 11) is 0. The van der Waals surface area contributed by atoms with Crippen molar-refractivity contribution in [2.45, 2.75) is 13.0 Å². The highest BCUT2D eigenvalue weighted by atomic mass is 16.5. The number of nitrogens with one attached hydrogen (secondary N) is 1. The molecule has 1 heterocycles. The Morgan fingerprint density at radius 2 is 1.81 bits per heavy atom. The summed E-state index contributed by atoms with van der Waals surface area (Å²) in [4.78, 5) is 26.4. The van der Waals surface area contributed by atoms with Crippen LogP contribution in [0.3, 0.4) is 0 Å². The molecule has 6 nitrogen and oxygen atoms in total. The van der Waals surface area contributed by atoms with E-state index in [1.165, 1.54) is 5.56 Å². The van der Waals surface area contributed by atoms with E-state index < -0.39 is 5.97 Å². The molecule has 0 fully saturated rings. The summed E-state index contributed by atoms with van der Waals surface area (Å²) >= 11 is 0. The lowest BCUT2D eigenvalue weighted by molar-refractivity contribution is -0.135. The van der Waals surface area contributed by atoms with Crippen LogP contribution in [-0.4, -0.2) is 48.2 Å². The molecule has 6 heteroatoms. The van der Waals surface area contributed by atoms with Crippen LogP contribution in [-0.2, 0) is 22.5 Å². The number of amides is 1. The topological polar surface area (TPSA) is 78.9 Å². The molecule has 0 saturated heterocycles. The number of fused-ring (bicyclic) bond motifs is 1. The van der Waals surface area contributed by atoms with Crippen LogP contribution in [0.15, 0.2) is 48.5 Å². The molecular formula is C20H22N2O4. The molecule has 3 rings (SSSR count). The molecule has 0 atom stereocenters. The summed E-state index contributed by atoms with van der Waals surface area (Å²) in [5.74, 6) is -0.759. The molecule has 1 aliphatic heterocycles. The van der Waals surface area contributed by atoms with Crippen molar-refractivity contribution in [3.05, 3.63) is 65.2 Å². The van der Waals surface area contributed by atoms with E-state index >= 15 is 0 Å². The van der Waals surface area contributed by atoms with Gasteiger partial charge in [0.15, 0.2) is 6.61 Å². The molecule has 2 aromatic rings. The molecule has 26 heavy (non-hydrogen) atoms. The first kappa shape index (κ1) is 17.9. The van der Waals surface area contributed by atoms with Crippen molar-refractivity contribution >= 4 is 17.6 Å². The van der Waals surface area contributed by atoms with Crippen molar-refractivity contribution in [2.24, 2.45) is 0 Å². The van der Waals surface area contributed by atoms with Crippen molar-refractivity contribution in [3.63, 3.8) is 0 Å². The maximum absolute atomic E-state index is 12.4. The van der Waals surface area contributed by atoms with Gasteiger partial charge < -0.3 is 20.1 Å². The van der Waals surface area contributed by atoms with Crippen molar-refractivity contribution in [1.82, 2.24) is 4.90 Å². The number of anilines is 1. The van der Waals surface area contributed by atoms with E-state index in [-0.39, 0.29) is 19.1 Å². The number of hydrogen-bond acceptors (Lipinski definition) is 5. The van der Waals surface area contributed by atoms with Gasteiger partial charge in [0.2, 0.25) is 0 Å². The van der Waals surface area contributed by atoms with Crippen LogP contribution in [0.5, 0.6) is 0 Å². The number of carbonyl (C=O) groups excluding carboxylic acids is 2. The fourth-order valence-electron chi connectivity index (χ4n) is 3.01. The first-order valence-electron chi connectivity index (χ1n) is 8.64. The third-order valence-corrected chi connectivity index (χ3v) is 4.38. The third-order valence-electron chi connectivity index (χ3n) is 4.38. The van der Waals surface area contributed by atoms with Gasteiger partial charge in [-0.3, -0.25) is 4.79 Å². The molecule has 0 bridgehead atoms. The Morgan fingerprint density at radius 3 is 2.62 bits per heavy atom. The highest BCUT2D eigenvalue weighted by Gasteiger charge is 2.22. The van der Waals surface area contributed by atoms with E-state index in [1.54, 1.807) is 29.2 Å². The van der Waals surface area contributed by atoms with Crippen LogP contribution in [0.4, 0.5) is 5.69 Å². The minimum atomic E-state index is -0.559. The predicted octanol–water partition coefficient (Wildman–Crippen LogP) is 1.83. The molecule has 1 amide bonds. The molecule has 0 spiro atoms. The number of para-hydroxylation sites is 1. The summed E-state index contributed by atoms with van der Waals surface area (Å²) in [6.07, 6.45) is 0.809. The molecule has 0 aromatic heterocycles. The maximum atomic E-state index is 12.4. The second-order valence-corrected chi connectivity index (χ2v) is 6.11. The second-order valence-electron chi connectivity index (χ2n) is 6.11. The van der Waals surface area contributed by atoms with Crippen molar-refractivity contribution in [3.8, 4) is 0 Å². The van der Waals surface area contributed by atoms with Gasteiger partial charge in [0, 0.05) is 25.3 Å². The number of ether oxygens (including phenoxy) is 1. The van der Waals surface area contributed by atoms with E-state index in [0.717, 1.165) is 12.0 Å². The molecule has 2 N–H and O–H groups in total. The largest absolute Gasteiger partial charge is 0.452 e. The Labute approximate surface area is 152 Å². The molecule has 1 aliphatic rings. The zero-order valence-corrected chi connectivity index (χ0v) is 14.5. The van der Waals surface area contributed by atoms with Crippen molar-refractivity contribution in [1.29, 1.82) is 0 Å². The SMILES string of the molecule is O=C(OCC(=O)N1CCc2ccccc2C1)c1ccccc1NCCO. The van der Waals surface area contributed by atoms with Crippen LogP contribution in [0.2, 0.25) is 0 Å². The first-order chi connectivity index (χ1) is 12.7. The fraction of sp³-hybridized carbons (Fsp3) is 0.300. The van der Waals surface area contributed by atoms with Gasteiger partial charge in [0.1, 0.15) is 0 Å². The van der Waals surface area contributed by atoms with Gasteiger partial charge in [-0.05, 0) is 29.7 Å². The predicted molar refractivity (Wildman–Crippen MR) is 97.9 cm³/mol. The van der Waals surface area contributed by atoms with Gasteiger partial charge in [-0.15, -0.1) is 0 Å². The molecule has 0 radical (unpaired) electrons. The second kappa shape index (κ2) is 8.49. The van der Waals surface area contributed by atoms with Crippen LogP contribution in [0, 0.1) is 0 Å². The summed E-state index contributed by atoms with van der Waals surface area (Å²) < 4.78 is 5.22. The summed E-state index contributed by atoms with van der Waals surface area (Å²) in [6, 6.07) is 14.9. The lowest BCUT2D eigenvalue weighted by atomic mass is 10.00.